The van der Waals surface area contributed by atoms with Crippen molar-refractivity contribution in [2.45, 2.75) is 46.1 Å². The molecule has 1 aliphatic carbocycles. The predicted molar refractivity (Wildman–Crippen MR) is 66.9 cm³/mol. The number of carboxylic acids is 1. The standard InChI is InChI=1S/C13H23NO4/c1-5-13(6-2,7-15)14-10(16)8-9(11(17)18)12(8,3)4/h8-9,15H,5-7H2,1-4H3,(H,14,16)(H,17,18)/t8-,9+/m1/s1. The summed E-state index contributed by atoms with van der Waals surface area (Å²) < 4.78 is 0. The second kappa shape index (κ2) is 4.88. The van der Waals surface area contributed by atoms with E-state index < -0.39 is 28.8 Å². The van der Waals surface area contributed by atoms with Gasteiger partial charge in [0, 0.05) is 0 Å². The van der Waals surface area contributed by atoms with Gasteiger partial charge in [-0.2, -0.15) is 0 Å². The summed E-state index contributed by atoms with van der Waals surface area (Å²) in [6, 6.07) is 0. The van der Waals surface area contributed by atoms with Gasteiger partial charge in [-0.3, -0.25) is 9.59 Å². The lowest BCUT2D eigenvalue weighted by atomic mass is 9.93. The van der Waals surface area contributed by atoms with Crippen molar-refractivity contribution in [2.24, 2.45) is 17.3 Å². The summed E-state index contributed by atoms with van der Waals surface area (Å²) in [6.07, 6.45) is 1.24. The Morgan fingerprint density at radius 2 is 1.72 bits per heavy atom. The van der Waals surface area contributed by atoms with Gasteiger partial charge in [0.1, 0.15) is 0 Å². The summed E-state index contributed by atoms with van der Waals surface area (Å²) in [6.45, 7) is 7.24. The van der Waals surface area contributed by atoms with Gasteiger partial charge >= 0.3 is 5.97 Å². The molecule has 1 aliphatic rings. The number of amides is 1. The minimum absolute atomic E-state index is 0.128. The molecule has 0 bridgehead atoms. The maximum Gasteiger partial charge on any atom is 0.307 e. The van der Waals surface area contributed by atoms with E-state index in [4.69, 9.17) is 5.11 Å². The summed E-state index contributed by atoms with van der Waals surface area (Å²) in [7, 11) is 0. The minimum Gasteiger partial charge on any atom is -0.481 e. The van der Waals surface area contributed by atoms with E-state index in [-0.39, 0.29) is 12.5 Å². The van der Waals surface area contributed by atoms with E-state index in [1.54, 1.807) is 13.8 Å². The van der Waals surface area contributed by atoms with Crippen LogP contribution in [0.25, 0.3) is 0 Å². The van der Waals surface area contributed by atoms with E-state index in [0.29, 0.717) is 12.8 Å². The third kappa shape index (κ3) is 2.36. The SMILES string of the molecule is CCC(CC)(CO)NC(=O)[C@H]1[C@@H](C(=O)O)C1(C)C. The molecule has 0 aromatic carbocycles. The summed E-state index contributed by atoms with van der Waals surface area (Å²) in [4.78, 5) is 23.2. The molecule has 0 radical (unpaired) electrons. The largest absolute Gasteiger partial charge is 0.481 e. The third-order valence-electron chi connectivity index (χ3n) is 4.42. The highest BCUT2D eigenvalue weighted by atomic mass is 16.4. The quantitative estimate of drug-likeness (QED) is 0.663. The van der Waals surface area contributed by atoms with Gasteiger partial charge in [-0.15, -0.1) is 0 Å². The Hall–Kier alpha value is -1.10. The van der Waals surface area contributed by atoms with E-state index in [9.17, 15) is 14.7 Å². The van der Waals surface area contributed by atoms with Crippen LogP contribution >= 0.6 is 0 Å². The molecule has 1 amide bonds. The Morgan fingerprint density at radius 1 is 1.22 bits per heavy atom. The molecule has 104 valence electrons. The van der Waals surface area contributed by atoms with Crippen LogP contribution < -0.4 is 5.32 Å². The molecular weight excluding hydrogens is 234 g/mol. The van der Waals surface area contributed by atoms with Crippen LogP contribution in [0.1, 0.15) is 40.5 Å². The number of carbonyl (C=O) groups excluding carboxylic acids is 1. The highest BCUT2D eigenvalue weighted by Gasteiger charge is 2.66. The van der Waals surface area contributed by atoms with Crippen LogP contribution in [0.2, 0.25) is 0 Å². The fourth-order valence-electron chi connectivity index (χ4n) is 2.62. The average molecular weight is 257 g/mol. The van der Waals surface area contributed by atoms with Gasteiger partial charge in [0.05, 0.1) is 24.0 Å². The molecule has 0 unspecified atom stereocenters. The summed E-state index contributed by atoms with van der Waals surface area (Å²) in [5.41, 5.74) is -1.13. The molecule has 0 heterocycles. The van der Waals surface area contributed by atoms with Gasteiger partial charge in [-0.25, -0.2) is 0 Å². The highest BCUT2D eigenvalue weighted by molar-refractivity contribution is 5.92. The van der Waals surface area contributed by atoms with Crippen LogP contribution in [0, 0.1) is 17.3 Å². The number of carbonyl (C=O) groups is 2. The van der Waals surface area contributed by atoms with E-state index in [1.807, 2.05) is 13.8 Å². The first-order chi connectivity index (χ1) is 8.25. The number of aliphatic hydroxyl groups is 1. The van der Waals surface area contributed by atoms with Crippen molar-refractivity contribution in [1.82, 2.24) is 5.32 Å². The molecule has 0 spiro atoms. The zero-order valence-electron chi connectivity index (χ0n) is 11.5. The first kappa shape index (κ1) is 15.0. The van der Waals surface area contributed by atoms with E-state index in [0.717, 1.165) is 0 Å². The Morgan fingerprint density at radius 3 is 2.00 bits per heavy atom. The lowest BCUT2D eigenvalue weighted by molar-refractivity contribution is -0.140. The molecule has 5 nitrogen and oxygen atoms in total. The molecule has 1 rings (SSSR count). The average Bonchev–Trinajstić information content (AvgIpc) is 2.90. The third-order valence-corrected chi connectivity index (χ3v) is 4.42. The van der Waals surface area contributed by atoms with Crippen molar-refractivity contribution in [3.05, 3.63) is 0 Å². The van der Waals surface area contributed by atoms with Crippen LogP contribution in [0.4, 0.5) is 0 Å². The molecule has 0 aromatic rings. The Bertz CT molecular complexity index is 339. The number of nitrogens with one attached hydrogen (secondary N) is 1. The number of hydrogen-bond acceptors (Lipinski definition) is 3. The molecule has 0 saturated heterocycles. The second-order valence-corrected chi connectivity index (χ2v) is 5.75. The second-order valence-electron chi connectivity index (χ2n) is 5.75. The molecule has 18 heavy (non-hydrogen) atoms. The van der Waals surface area contributed by atoms with Crippen LogP contribution in [-0.2, 0) is 9.59 Å². The Balaban J connectivity index is 2.76. The highest BCUT2D eigenvalue weighted by Crippen LogP contribution is 2.58. The molecule has 1 saturated carbocycles. The van der Waals surface area contributed by atoms with Crippen LogP contribution in [0.5, 0.6) is 0 Å². The topological polar surface area (TPSA) is 86.6 Å². The lowest BCUT2D eigenvalue weighted by Gasteiger charge is -2.31. The summed E-state index contributed by atoms with van der Waals surface area (Å²) in [5.74, 6) is -2.31. The van der Waals surface area contributed by atoms with Crippen molar-refractivity contribution in [2.75, 3.05) is 6.61 Å². The summed E-state index contributed by atoms with van der Waals surface area (Å²) in [5, 5.41) is 21.3. The fourth-order valence-corrected chi connectivity index (χ4v) is 2.62. The maximum atomic E-state index is 12.1. The van der Waals surface area contributed by atoms with Crippen LogP contribution in [0.3, 0.4) is 0 Å². The molecule has 3 N–H and O–H groups in total. The molecule has 0 aliphatic heterocycles. The van der Waals surface area contributed by atoms with Crippen molar-refractivity contribution in [1.29, 1.82) is 0 Å². The van der Waals surface area contributed by atoms with Gasteiger partial charge in [-0.05, 0) is 18.3 Å². The predicted octanol–water partition coefficient (Wildman–Crippen LogP) is 1.01. The number of aliphatic carboxylic acids is 1. The Kier molecular flexibility index (Phi) is 4.05. The first-order valence-electron chi connectivity index (χ1n) is 6.41. The van der Waals surface area contributed by atoms with Crippen molar-refractivity contribution >= 4 is 11.9 Å². The number of aliphatic hydroxyl groups excluding tert-OH is 1. The Labute approximate surface area is 108 Å². The lowest BCUT2D eigenvalue weighted by Crippen LogP contribution is -2.51. The number of carboxylic acid groups (broad SMARTS) is 1. The minimum atomic E-state index is -0.928. The van der Waals surface area contributed by atoms with Crippen molar-refractivity contribution < 1.29 is 19.8 Å². The zero-order valence-corrected chi connectivity index (χ0v) is 11.5. The van der Waals surface area contributed by atoms with Gasteiger partial charge in [0.15, 0.2) is 0 Å². The maximum absolute atomic E-state index is 12.1. The van der Waals surface area contributed by atoms with Crippen LogP contribution in [-0.4, -0.2) is 34.2 Å². The van der Waals surface area contributed by atoms with Gasteiger partial charge < -0.3 is 15.5 Å². The van der Waals surface area contributed by atoms with Crippen LogP contribution in [0.15, 0.2) is 0 Å². The van der Waals surface area contributed by atoms with E-state index in [1.165, 1.54) is 0 Å². The summed E-state index contributed by atoms with van der Waals surface area (Å²) >= 11 is 0. The molecular formula is C13H23NO4. The molecule has 0 aromatic heterocycles. The fraction of sp³-hybridized carbons (Fsp3) is 0.846. The normalized spacial score (nSPS) is 25.6. The molecule has 5 heteroatoms. The van der Waals surface area contributed by atoms with E-state index in [2.05, 4.69) is 5.32 Å². The number of hydrogen-bond donors (Lipinski definition) is 3. The van der Waals surface area contributed by atoms with E-state index >= 15 is 0 Å². The zero-order chi connectivity index (χ0) is 14.1. The molecule has 1 fully saturated rings. The first-order valence-corrected chi connectivity index (χ1v) is 6.41. The monoisotopic (exact) mass is 257 g/mol. The van der Waals surface area contributed by atoms with Gasteiger partial charge in [0.2, 0.25) is 5.91 Å². The smallest absolute Gasteiger partial charge is 0.307 e. The molecule has 2 atom stereocenters. The van der Waals surface area contributed by atoms with Gasteiger partial charge in [0.25, 0.3) is 0 Å². The van der Waals surface area contributed by atoms with Crippen molar-refractivity contribution in [3.63, 3.8) is 0 Å². The number of rotatable bonds is 6. The van der Waals surface area contributed by atoms with Crippen molar-refractivity contribution in [3.8, 4) is 0 Å². The van der Waals surface area contributed by atoms with Gasteiger partial charge in [-0.1, -0.05) is 27.7 Å².